The van der Waals surface area contributed by atoms with Crippen molar-refractivity contribution in [3.8, 4) is 22.4 Å². The van der Waals surface area contributed by atoms with Gasteiger partial charge in [-0.25, -0.2) is 4.98 Å². The predicted molar refractivity (Wildman–Crippen MR) is 93.2 cm³/mol. The fourth-order valence-corrected chi connectivity index (χ4v) is 3.31. The third kappa shape index (κ3) is 2.70. The third-order valence-electron chi connectivity index (χ3n) is 3.36. The van der Waals surface area contributed by atoms with Gasteiger partial charge in [-0.1, -0.05) is 72.3 Å². The molecular formula is C18H11BrClNO. The molecule has 0 aliphatic heterocycles. The number of carbonyl (C=O) groups excluding carboxylic acids is 1. The number of hydrogen-bond acceptors (Lipinski definition) is 2. The Labute approximate surface area is 141 Å². The van der Waals surface area contributed by atoms with Crippen LogP contribution in [0.2, 0.25) is 5.15 Å². The van der Waals surface area contributed by atoms with Gasteiger partial charge in [0.2, 0.25) is 0 Å². The fourth-order valence-electron chi connectivity index (χ4n) is 2.33. The number of halogens is 2. The van der Waals surface area contributed by atoms with E-state index in [-0.39, 0.29) is 5.15 Å². The van der Waals surface area contributed by atoms with E-state index in [1.807, 2.05) is 60.7 Å². The monoisotopic (exact) mass is 371 g/mol. The molecule has 0 aliphatic carbocycles. The highest BCUT2D eigenvalue weighted by molar-refractivity contribution is 9.10. The molecule has 3 rings (SSSR count). The van der Waals surface area contributed by atoms with E-state index in [0.717, 1.165) is 33.1 Å². The Morgan fingerprint density at radius 3 is 2.00 bits per heavy atom. The molecule has 1 heterocycles. The molecule has 2 aromatic carbocycles. The Morgan fingerprint density at radius 1 is 0.909 bits per heavy atom. The van der Waals surface area contributed by atoms with Gasteiger partial charge in [-0.15, -0.1) is 0 Å². The van der Waals surface area contributed by atoms with Crippen LogP contribution in [0.15, 0.2) is 65.1 Å². The Bertz CT molecular complexity index is 819. The van der Waals surface area contributed by atoms with E-state index >= 15 is 0 Å². The van der Waals surface area contributed by atoms with Crippen LogP contribution in [0.4, 0.5) is 0 Å². The molecular weight excluding hydrogens is 362 g/mol. The molecule has 0 saturated heterocycles. The van der Waals surface area contributed by atoms with Crippen LogP contribution >= 0.6 is 27.5 Å². The van der Waals surface area contributed by atoms with Crippen molar-refractivity contribution in [3.05, 3.63) is 75.9 Å². The molecule has 1 aromatic heterocycles. The summed E-state index contributed by atoms with van der Waals surface area (Å²) in [5.41, 5.74) is 3.72. The zero-order chi connectivity index (χ0) is 15.5. The maximum atomic E-state index is 11.5. The number of rotatable bonds is 3. The second-order valence-electron chi connectivity index (χ2n) is 4.70. The zero-order valence-corrected chi connectivity index (χ0v) is 13.8. The van der Waals surface area contributed by atoms with Crippen LogP contribution in [0.1, 0.15) is 10.4 Å². The van der Waals surface area contributed by atoms with Gasteiger partial charge in [0.1, 0.15) is 5.15 Å². The number of nitrogens with zero attached hydrogens (tertiary/aromatic N) is 1. The Morgan fingerprint density at radius 2 is 1.45 bits per heavy atom. The van der Waals surface area contributed by atoms with E-state index < -0.39 is 0 Å². The van der Waals surface area contributed by atoms with Crippen molar-refractivity contribution >= 4 is 33.8 Å². The van der Waals surface area contributed by atoms with Crippen LogP contribution in [0.25, 0.3) is 22.4 Å². The first-order valence-corrected chi connectivity index (χ1v) is 7.84. The van der Waals surface area contributed by atoms with Gasteiger partial charge in [0.15, 0.2) is 6.29 Å². The third-order valence-corrected chi connectivity index (χ3v) is 4.42. The van der Waals surface area contributed by atoms with E-state index in [0.29, 0.717) is 5.56 Å². The number of carbonyl (C=O) groups is 1. The molecule has 108 valence electrons. The highest BCUT2D eigenvalue weighted by Gasteiger charge is 2.19. The number of hydrogen-bond donors (Lipinski definition) is 0. The van der Waals surface area contributed by atoms with Crippen LogP contribution in [-0.2, 0) is 0 Å². The van der Waals surface area contributed by atoms with E-state index in [2.05, 4.69) is 20.9 Å². The summed E-state index contributed by atoms with van der Waals surface area (Å²) in [4.78, 5) is 15.9. The van der Waals surface area contributed by atoms with Crippen LogP contribution in [0, 0.1) is 0 Å². The highest BCUT2D eigenvalue weighted by atomic mass is 79.9. The van der Waals surface area contributed by atoms with Crippen LogP contribution in [0.3, 0.4) is 0 Å². The highest BCUT2D eigenvalue weighted by Crippen LogP contribution is 2.39. The summed E-state index contributed by atoms with van der Waals surface area (Å²) in [6.45, 7) is 0. The SMILES string of the molecule is O=Cc1c(Cl)nc(-c2ccccc2)c(Br)c1-c1ccccc1. The summed E-state index contributed by atoms with van der Waals surface area (Å²) >= 11 is 9.84. The predicted octanol–water partition coefficient (Wildman–Crippen LogP) is 5.64. The maximum absolute atomic E-state index is 11.5. The normalized spacial score (nSPS) is 10.5. The zero-order valence-electron chi connectivity index (χ0n) is 11.5. The quantitative estimate of drug-likeness (QED) is 0.439. The van der Waals surface area contributed by atoms with E-state index in [1.165, 1.54) is 0 Å². The fraction of sp³-hybridized carbons (Fsp3) is 0. The van der Waals surface area contributed by atoms with Crippen molar-refractivity contribution in [1.82, 2.24) is 4.98 Å². The molecule has 0 amide bonds. The lowest BCUT2D eigenvalue weighted by atomic mass is 9.99. The lowest BCUT2D eigenvalue weighted by Gasteiger charge is -2.13. The van der Waals surface area contributed by atoms with Crippen molar-refractivity contribution in [2.75, 3.05) is 0 Å². The molecule has 0 saturated carbocycles. The van der Waals surface area contributed by atoms with Crippen molar-refractivity contribution < 1.29 is 4.79 Å². The van der Waals surface area contributed by atoms with Gasteiger partial charge in [0, 0.05) is 11.1 Å². The molecule has 0 N–H and O–H groups in total. The summed E-state index contributed by atoms with van der Waals surface area (Å²) in [6.07, 6.45) is 0.747. The Kier molecular flexibility index (Phi) is 4.36. The van der Waals surface area contributed by atoms with Gasteiger partial charge >= 0.3 is 0 Å². The van der Waals surface area contributed by atoms with Crippen LogP contribution in [0.5, 0.6) is 0 Å². The van der Waals surface area contributed by atoms with Crippen LogP contribution in [-0.4, -0.2) is 11.3 Å². The topological polar surface area (TPSA) is 30.0 Å². The second kappa shape index (κ2) is 6.42. The molecule has 0 spiro atoms. The summed E-state index contributed by atoms with van der Waals surface area (Å²) in [5.74, 6) is 0. The average molecular weight is 373 g/mol. The first-order valence-electron chi connectivity index (χ1n) is 6.67. The lowest BCUT2D eigenvalue weighted by Crippen LogP contribution is -1.97. The first kappa shape index (κ1) is 14.9. The molecule has 0 bridgehead atoms. The average Bonchev–Trinajstić information content (AvgIpc) is 2.57. The molecule has 22 heavy (non-hydrogen) atoms. The second-order valence-corrected chi connectivity index (χ2v) is 5.85. The minimum atomic E-state index is 0.205. The standard InChI is InChI=1S/C18H11BrClNO/c19-16-15(12-7-3-1-4-8-12)14(11-22)18(20)21-17(16)13-9-5-2-6-10-13/h1-11H. The van der Waals surface area contributed by atoms with Crippen LogP contribution < -0.4 is 0 Å². The van der Waals surface area contributed by atoms with Gasteiger partial charge in [-0.2, -0.15) is 0 Å². The largest absolute Gasteiger partial charge is 0.298 e. The summed E-state index contributed by atoms with van der Waals surface area (Å²) in [7, 11) is 0. The maximum Gasteiger partial charge on any atom is 0.153 e. The summed E-state index contributed by atoms with van der Waals surface area (Å²) in [6, 6.07) is 19.4. The molecule has 0 unspecified atom stereocenters. The van der Waals surface area contributed by atoms with Crippen molar-refractivity contribution in [1.29, 1.82) is 0 Å². The van der Waals surface area contributed by atoms with Crippen molar-refractivity contribution in [3.63, 3.8) is 0 Å². The molecule has 3 aromatic rings. The number of aromatic nitrogens is 1. The van der Waals surface area contributed by atoms with Crippen molar-refractivity contribution in [2.45, 2.75) is 0 Å². The smallest absolute Gasteiger partial charge is 0.153 e. The molecule has 0 fully saturated rings. The minimum absolute atomic E-state index is 0.205. The van der Waals surface area contributed by atoms with E-state index in [1.54, 1.807) is 0 Å². The van der Waals surface area contributed by atoms with Gasteiger partial charge < -0.3 is 0 Å². The molecule has 0 atom stereocenters. The minimum Gasteiger partial charge on any atom is -0.298 e. The first-order chi connectivity index (χ1) is 10.7. The molecule has 4 heteroatoms. The number of benzene rings is 2. The Hall–Kier alpha value is -1.97. The Balaban J connectivity index is 2.33. The summed E-state index contributed by atoms with van der Waals surface area (Å²) in [5, 5.41) is 0.205. The van der Waals surface area contributed by atoms with Gasteiger partial charge in [0.25, 0.3) is 0 Å². The number of aldehydes is 1. The molecule has 0 radical (unpaired) electrons. The van der Waals surface area contributed by atoms with Crippen molar-refractivity contribution in [2.24, 2.45) is 0 Å². The van der Waals surface area contributed by atoms with E-state index in [4.69, 9.17) is 11.6 Å². The van der Waals surface area contributed by atoms with Gasteiger partial charge in [0.05, 0.1) is 15.7 Å². The molecule has 2 nitrogen and oxygen atoms in total. The lowest BCUT2D eigenvalue weighted by molar-refractivity contribution is 0.112. The number of pyridine rings is 1. The van der Waals surface area contributed by atoms with Gasteiger partial charge in [-0.05, 0) is 21.5 Å². The summed E-state index contributed by atoms with van der Waals surface area (Å²) < 4.78 is 0.761. The van der Waals surface area contributed by atoms with Gasteiger partial charge in [-0.3, -0.25) is 4.79 Å². The molecule has 0 aliphatic rings. The van der Waals surface area contributed by atoms with E-state index in [9.17, 15) is 4.79 Å².